The van der Waals surface area contributed by atoms with E-state index in [1.54, 1.807) is 6.20 Å². The second kappa shape index (κ2) is 5.84. The zero-order valence-corrected chi connectivity index (χ0v) is 12.3. The van der Waals surface area contributed by atoms with Crippen LogP contribution in [0.1, 0.15) is 38.2 Å². The van der Waals surface area contributed by atoms with Gasteiger partial charge >= 0.3 is 0 Å². The van der Waals surface area contributed by atoms with Crippen molar-refractivity contribution in [1.29, 1.82) is 0 Å². The SMILES string of the molecule is CCCNc1ccc(CN2C(=O)C3CCCC3C2=O)cn1. The zero-order chi connectivity index (χ0) is 14.8. The first kappa shape index (κ1) is 14.0. The highest BCUT2D eigenvalue weighted by Gasteiger charge is 2.49. The number of aromatic nitrogens is 1. The lowest BCUT2D eigenvalue weighted by molar-refractivity contribution is -0.141. The molecule has 2 unspecified atom stereocenters. The summed E-state index contributed by atoms with van der Waals surface area (Å²) in [6.45, 7) is 3.34. The summed E-state index contributed by atoms with van der Waals surface area (Å²) in [5, 5.41) is 3.21. The monoisotopic (exact) mass is 287 g/mol. The minimum Gasteiger partial charge on any atom is -0.370 e. The Morgan fingerprint density at radius 3 is 2.52 bits per heavy atom. The van der Waals surface area contributed by atoms with E-state index in [1.165, 1.54) is 4.90 Å². The van der Waals surface area contributed by atoms with E-state index in [9.17, 15) is 9.59 Å². The van der Waals surface area contributed by atoms with Gasteiger partial charge in [-0.1, -0.05) is 19.4 Å². The van der Waals surface area contributed by atoms with Gasteiger partial charge in [0.25, 0.3) is 0 Å². The summed E-state index contributed by atoms with van der Waals surface area (Å²) in [5.41, 5.74) is 0.902. The summed E-state index contributed by atoms with van der Waals surface area (Å²) >= 11 is 0. The van der Waals surface area contributed by atoms with E-state index in [-0.39, 0.29) is 23.7 Å². The maximum absolute atomic E-state index is 12.3. The third kappa shape index (κ3) is 2.64. The van der Waals surface area contributed by atoms with Crippen LogP contribution in [0.25, 0.3) is 0 Å². The molecule has 0 aromatic carbocycles. The number of hydrogen-bond donors (Lipinski definition) is 1. The topological polar surface area (TPSA) is 62.3 Å². The molecule has 1 aromatic heterocycles. The first-order valence-corrected chi connectivity index (χ1v) is 7.74. The average Bonchev–Trinajstić information content (AvgIpc) is 3.06. The number of carbonyl (C=O) groups is 2. The molecular formula is C16H21N3O2. The molecule has 2 aliphatic rings. The molecule has 0 spiro atoms. The average molecular weight is 287 g/mol. The van der Waals surface area contributed by atoms with Crippen molar-refractivity contribution in [3.05, 3.63) is 23.9 Å². The molecule has 2 fully saturated rings. The van der Waals surface area contributed by atoms with E-state index >= 15 is 0 Å². The van der Waals surface area contributed by atoms with Crippen molar-refractivity contribution < 1.29 is 9.59 Å². The van der Waals surface area contributed by atoms with Crippen LogP contribution in [0.3, 0.4) is 0 Å². The van der Waals surface area contributed by atoms with Crippen LogP contribution in [0, 0.1) is 11.8 Å². The van der Waals surface area contributed by atoms with Crippen molar-refractivity contribution in [2.75, 3.05) is 11.9 Å². The summed E-state index contributed by atoms with van der Waals surface area (Å²) < 4.78 is 0. The maximum Gasteiger partial charge on any atom is 0.233 e. The molecule has 3 rings (SSSR count). The van der Waals surface area contributed by atoms with Crippen LogP contribution in [-0.4, -0.2) is 28.2 Å². The minimum absolute atomic E-state index is 0.00989. The van der Waals surface area contributed by atoms with E-state index in [0.717, 1.165) is 43.6 Å². The van der Waals surface area contributed by atoms with Crippen molar-refractivity contribution >= 4 is 17.6 Å². The molecule has 5 nitrogen and oxygen atoms in total. The number of nitrogens with zero attached hydrogens (tertiary/aromatic N) is 2. The largest absolute Gasteiger partial charge is 0.370 e. The molecule has 2 heterocycles. The quantitative estimate of drug-likeness (QED) is 0.843. The molecule has 2 atom stereocenters. The summed E-state index contributed by atoms with van der Waals surface area (Å²) in [4.78, 5) is 30.3. The fourth-order valence-corrected chi connectivity index (χ4v) is 3.27. The lowest BCUT2D eigenvalue weighted by Crippen LogP contribution is -2.31. The molecule has 1 aliphatic heterocycles. The van der Waals surface area contributed by atoms with E-state index in [4.69, 9.17) is 0 Å². The van der Waals surface area contributed by atoms with Gasteiger partial charge in [-0.05, 0) is 30.9 Å². The minimum atomic E-state index is -0.0593. The molecule has 1 aliphatic carbocycles. The Hall–Kier alpha value is -1.91. The van der Waals surface area contributed by atoms with Crippen LogP contribution >= 0.6 is 0 Å². The zero-order valence-electron chi connectivity index (χ0n) is 12.3. The molecule has 21 heavy (non-hydrogen) atoms. The van der Waals surface area contributed by atoms with Crippen LogP contribution in [0.2, 0.25) is 0 Å². The Bertz CT molecular complexity index is 519. The van der Waals surface area contributed by atoms with Crippen LogP contribution in [0.15, 0.2) is 18.3 Å². The molecule has 112 valence electrons. The van der Waals surface area contributed by atoms with E-state index in [1.807, 2.05) is 12.1 Å². The standard InChI is InChI=1S/C16H21N3O2/c1-2-8-17-14-7-6-11(9-18-14)10-19-15(20)12-4-3-5-13(12)16(19)21/h6-7,9,12-13H,2-5,8,10H2,1H3,(H,17,18). The predicted molar refractivity (Wildman–Crippen MR) is 79.4 cm³/mol. The van der Waals surface area contributed by atoms with Gasteiger partial charge in [-0.3, -0.25) is 14.5 Å². The number of pyridine rings is 1. The van der Waals surface area contributed by atoms with Gasteiger partial charge in [-0.25, -0.2) is 4.98 Å². The Balaban J connectivity index is 1.66. The van der Waals surface area contributed by atoms with Crippen molar-refractivity contribution in [3.63, 3.8) is 0 Å². The van der Waals surface area contributed by atoms with Gasteiger partial charge in [0.1, 0.15) is 5.82 Å². The number of imide groups is 1. The van der Waals surface area contributed by atoms with E-state index in [0.29, 0.717) is 6.54 Å². The fourth-order valence-electron chi connectivity index (χ4n) is 3.27. The highest BCUT2D eigenvalue weighted by Crippen LogP contribution is 2.40. The third-order valence-corrected chi connectivity index (χ3v) is 4.40. The molecule has 1 saturated carbocycles. The Labute approximate surface area is 124 Å². The van der Waals surface area contributed by atoms with Gasteiger partial charge in [-0.2, -0.15) is 0 Å². The van der Waals surface area contributed by atoms with Crippen molar-refractivity contribution in [2.24, 2.45) is 11.8 Å². The molecule has 0 radical (unpaired) electrons. The summed E-state index contributed by atoms with van der Waals surface area (Å²) in [6, 6.07) is 3.83. The van der Waals surface area contributed by atoms with Crippen LogP contribution in [0.5, 0.6) is 0 Å². The molecule has 1 N–H and O–H groups in total. The molecule has 0 bridgehead atoms. The van der Waals surface area contributed by atoms with Crippen molar-refractivity contribution in [1.82, 2.24) is 9.88 Å². The van der Waals surface area contributed by atoms with Crippen LogP contribution in [-0.2, 0) is 16.1 Å². The highest BCUT2D eigenvalue weighted by molar-refractivity contribution is 6.05. The highest BCUT2D eigenvalue weighted by atomic mass is 16.2. The van der Waals surface area contributed by atoms with Crippen molar-refractivity contribution in [2.45, 2.75) is 39.2 Å². The summed E-state index contributed by atoms with van der Waals surface area (Å²) in [7, 11) is 0. The molecule has 2 amide bonds. The van der Waals surface area contributed by atoms with Gasteiger partial charge in [0, 0.05) is 12.7 Å². The van der Waals surface area contributed by atoms with Crippen LogP contribution in [0.4, 0.5) is 5.82 Å². The number of carbonyl (C=O) groups excluding carboxylic acids is 2. The number of fused-ring (bicyclic) bond motifs is 1. The molecule has 1 saturated heterocycles. The lowest BCUT2D eigenvalue weighted by Gasteiger charge is -2.16. The lowest BCUT2D eigenvalue weighted by atomic mass is 10.00. The normalized spacial score (nSPS) is 24.5. The van der Waals surface area contributed by atoms with Crippen molar-refractivity contribution in [3.8, 4) is 0 Å². The number of nitrogens with one attached hydrogen (secondary N) is 1. The second-order valence-electron chi connectivity index (χ2n) is 5.88. The smallest absolute Gasteiger partial charge is 0.233 e. The third-order valence-electron chi connectivity index (χ3n) is 4.40. The molecule has 1 aromatic rings. The van der Waals surface area contributed by atoms with Crippen LogP contribution < -0.4 is 5.32 Å². The van der Waals surface area contributed by atoms with E-state index < -0.39 is 0 Å². The number of hydrogen-bond acceptors (Lipinski definition) is 4. The maximum atomic E-state index is 12.3. The number of likely N-dealkylation sites (tertiary alicyclic amines) is 1. The summed E-state index contributed by atoms with van der Waals surface area (Å²) in [5.74, 6) is 0.731. The van der Waals surface area contributed by atoms with Gasteiger partial charge < -0.3 is 5.32 Å². The first-order chi connectivity index (χ1) is 10.2. The number of rotatable bonds is 5. The van der Waals surface area contributed by atoms with Gasteiger partial charge in [0.05, 0.1) is 18.4 Å². The molecular weight excluding hydrogens is 266 g/mol. The van der Waals surface area contributed by atoms with Gasteiger partial charge in [0.15, 0.2) is 0 Å². The Morgan fingerprint density at radius 1 is 1.24 bits per heavy atom. The first-order valence-electron chi connectivity index (χ1n) is 7.74. The van der Waals surface area contributed by atoms with E-state index in [2.05, 4.69) is 17.2 Å². The van der Waals surface area contributed by atoms with Gasteiger partial charge in [-0.15, -0.1) is 0 Å². The summed E-state index contributed by atoms with van der Waals surface area (Å²) in [6.07, 6.45) is 5.52. The van der Waals surface area contributed by atoms with Gasteiger partial charge in [0.2, 0.25) is 11.8 Å². The second-order valence-corrected chi connectivity index (χ2v) is 5.88. The Kier molecular flexibility index (Phi) is 3.90. The Morgan fingerprint density at radius 2 is 1.95 bits per heavy atom. The fraction of sp³-hybridized carbons (Fsp3) is 0.562. The predicted octanol–water partition coefficient (Wildman–Crippen LogP) is 2.19. The molecule has 5 heteroatoms. The number of anilines is 1. The number of amides is 2.